The van der Waals surface area contributed by atoms with Crippen LogP contribution in [-0.2, 0) is 4.74 Å². The van der Waals surface area contributed by atoms with Gasteiger partial charge in [-0.2, -0.15) is 0 Å². The van der Waals surface area contributed by atoms with Gasteiger partial charge in [-0.05, 0) is 64.0 Å². The van der Waals surface area contributed by atoms with Crippen LogP contribution in [0.1, 0.15) is 46.5 Å². The maximum atomic E-state index is 6.09. The van der Waals surface area contributed by atoms with Gasteiger partial charge in [-0.15, -0.1) is 0 Å². The molecule has 2 saturated heterocycles. The third kappa shape index (κ3) is 4.75. The SMILES string of the molecule is C=C/C=C\[C@]1(CC)OC1N(C)C1CCN([C@H](C/C=C\N)C(C)C)CC1. The minimum atomic E-state index is -0.105. The van der Waals surface area contributed by atoms with E-state index < -0.39 is 0 Å². The summed E-state index contributed by atoms with van der Waals surface area (Å²) in [7, 11) is 2.22. The molecule has 0 aromatic heterocycles. The standard InChI is InChI=1S/C21H37N3O/c1-6-8-13-21(7-2)20(25-21)23(5)18-11-15-24(16-12-18)19(17(3)4)10-9-14-22/h6,8-9,13-14,17-20H,1,7,10-12,15-16,22H2,2-5H3/b13-8-,14-9-/t19-,20?,21+/m1/s1. The van der Waals surface area contributed by atoms with Crippen molar-refractivity contribution in [3.63, 3.8) is 0 Å². The van der Waals surface area contributed by atoms with Crippen molar-refractivity contribution >= 4 is 0 Å². The number of likely N-dealkylation sites (tertiary alicyclic amines) is 1. The van der Waals surface area contributed by atoms with E-state index >= 15 is 0 Å². The van der Waals surface area contributed by atoms with Crippen LogP contribution in [0.3, 0.4) is 0 Å². The predicted octanol–water partition coefficient (Wildman–Crippen LogP) is 3.52. The van der Waals surface area contributed by atoms with E-state index in [0.29, 0.717) is 18.0 Å². The molecule has 0 amide bonds. The Kier molecular flexibility index (Phi) is 7.29. The highest BCUT2D eigenvalue weighted by atomic mass is 16.6. The molecule has 3 atom stereocenters. The van der Waals surface area contributed by atoms with E-state index in [-0.39, 0.29) is 11.8 Å². The van der Waals surface area contributed by atoms with Crippen molar-refractivity contribution in [1.29, 1.82) is 0 Å². The van der Waals surface area contributed by atoms with Gasteiger partial charge >= 0.3 is 0 Å². The molecule has 0 spiro atoms. The normalized spacial score (nSPS) is 29.9. The number of allylic oxidation sites excluding steroid dienone is 2. The molecule has 0 aromatic carbocycles. The van der Waals surface area contributed by atoms with Crippen molar-refractivity contribution in [3.05, 3.63) is 37.1 Å². The van der Waals surface area contributed by atoms with E-state index in [2.05, 4.69) is 56.3 Å². The summed E-state index contributed by atoms with van der Waals surface area (Å²) in [5.74, 6) is 0.647. The van der Waals surface area contributed by atoms with Crippen LogP contribution in [-0.4, -0.2) is 53.8 Å². The van der Waals surface area contributed by atoms with Gasteiger partial charge in [-0.1, -0.05) is 45.6 Å². The Balaban J connectivity index is 1.89. The number of nitrogens with zero attached hydrogens (tertiary/aromatic N) is 2. The van der Waals surface area contributed by atoms with E-state index in [4.69, 9.17) is 10.5 Å². The van der Waals surface area contributed by atoms with Gasteiger partial charge in [0.1, 0.15) is 11.8 Å². The number of nitrogens with two attached hydrogens (primary N) is 1. The summed E-state index contributed by atoms with van der Waals surface area (Å²) in [6.07, 6.45) is 14.5. The fraction of sp³-hybridized carbons (Fsp3) is 0.714. The van der Waals surface area contributed by atoms with Crippen LogP contribution in [0.15, 0.2) is 37.1 Å². The lowest BCUT2D eigenvalue weighted by atomic mass is 9.94. The zero-order valence-corrected chi connectivity index (χ0v) is 16.5. The van der Waals surface area contributed by atoms with Crippen LogP contribution in [0.4, 0.5) is 0 Å². The topological polar surface area (TPSA) is 45.0 Å². The van der Waals surface area contributed by atoms with Gasteiger partial charge in [-0.25, -0.2) is 0 Å². The highest BCUT2D eigenvalue weighted by Gasteiger charge is 2.56. The summed E-state index contributed by atoms with van der Waals surface area (Å²) < 4.78 is 6.09. The molecule has 2 aliphatic rings. The molecule has 142 valence electrons. The Hall–Kier alpha value is -1.10. The van der Waals surface area contributed by atoms with E-state index in [1.54, 1.807) is 6.20 Å². The summed E-state index contributed by atoms with van der Waals surface area (Å²) >= 11 is 0. The molecule has 2 rings (SSSR count). The number of likely N-dealkylation sites (N-methyl/N-ethyl adjacent to an activating group) is 1. The lowest BCUT2D eigenvalue weighted by molar-refractivity contribution is 0.0604. The molecule has 25 heavy (non-hydrogen) atoms. The quantitative estimate of drug-likeness (QED) is 0.512. The molecular formula is C21H37N3O. The second-order valence-electron chi connectivity index (χ2n) is 7.78. The first kappa shape index (κ1) is 20.2. The summed E-state index contributed by atoms with van der Waals surface area (Å²) in [4.78, 5) is 5.10. The molecule has 0 radical (unpaired) electrons. The molecule has 2 fully saturated rings. The molecule has 1 unspecified atom stereocenters. The lowest BCUT2D eigenvalue weighted by Gasteiger charge is -2.41. The third-order valence-electron chi connectivity index (χ3n) is 5.96. The minimum absolute atomic E-state index is 0.105. The number of ether oxygens (including phenoxy) is 1. The van der Waals surface area contributed by atoms with E-state index in [1.165, 1.54) is 12.8 Å². The Morgan fingerprint density at radius 3 is 2.56 bits per heavy atom. The Bertz CT molecular complexity index is 480. The zero-order valence-electron chi connectivity index (χ0n) is 16.5. The first-order valence-corrected chi connectivity index (χ1v) is 9.79. The molecule has 2 aliphatic heterocycles. The molecule has 4 heteroatoms. The van der Waals surface area contributed by atoms with Gasteiger partial charge < -0.3 is 10.5 Å². The summed E-state index contributed by atoms with van der Waals surface area (Å²) in [6.45, 7) is 12.9. The number of hydrogen-bond acceptors (Lipinski definition) is 4. The van der Waals surface area contributed by atoms with Crippen molar-refractivity contribution in [2.75, 3.05) is 20.1 Å². The Morgan fingerprint density at radius 1 is 1.36 bits per heavy atom. The first-order chi connectivity index (χ1) is 12.0. The molecular weight excluding hydrogens is 310 g/mol. The largest absolute Gasteiger partial charge is 0.405 e. The van der Waals surface area contributed by atoms with Crippen LogP contribution in [0.25, 0.3) is 0 Å². The molecule has 0 saturated carbocycles. The summed E-state index contributed by atoms with van der Waals surface area (Å²) in [6, 6.07) is 1.19. The summed E-state index contributed by atoms with van der Waals surface area (Å²) in [5, 5.41) is 0. The van der Waals surface area contributed by atoms with Crippen LogP contribution in [0.5, 0.6) is 0 Å². The molecule has 0 aromatic rings. The number of rotatable bonds is 9. The molecule has 4 nitrogen and oxygen atoms in total. The highest BCUT2D eigenvalue weighted by molar-refractivity contribution is 5.18. The van der Waals surface area contributed by atoms with E-state index in [9.17, 15) is 0 Å². The van der Waals surface area contributed by atoms with Crippen LogP contribution in [0, 0.1) is 5.92 Å². The Morgan fingerprint density at radius 2 is 2.04 bits per heavy atom. The second kappa shape index (κ2) is 9.02. The maximum absolute atomic E-state index is 6.09. The second-order valence-corrected chi connectivity index (χ2v) is 7.78. The van der Waals surface area contributed by atoms with Crippen LogP contribution < -0.4 is 5.73 Å². The van der Waals surface area contributed by atoms with Crippen LogP contribution >= 0.6 is 0 Å². The van der Waals surface area contributed by atoms with Gasteiger partial charge in [-0.3, -0.25) is 9.80 Å². The van der Waals surface area contributed by atoms with Gasteiger partial charge in [0.25, 0.3) is 0 Å². The fourth-order valence-corrected chi connectivity index (χ4v) is 4.21. The smallest absolute Gasteiger partial charge is 0.145 e. The zero-order chi connectivity index (χ0) is 18.4. The predicted molar refractivity (Wildman–Crippen MR) is 106 cm³/mol. The lowest BCUT2D eigenvalue weighted by Crippen LogP contribution is -2.49. The minimum Gasteiger partial charge on any atom is -0.405 e. The van der Waals surface area contributed by atoms with Crippen LogP contribution in [0.2, 0.25) is 0 Å². The van der Waals surface area contributed by atoms with Gasteiger partial charge in [0.05, 0.1) is 0 Å². The number of epoxide rings is 1. The average Bonchev–Trinajstić information content (AvgIpc) is 3.35. The number of hydrogen-bond donors (Lipinski definition) is 1. The number of piperidine rings is 1. The molecule has 2 N–H and O–H groups in total. The molecule has 2 heterocycles. The third-order valence-corrected chi connectivity index (χ3v) is 5.96. The van der Waals surface area contributed by atoms with Gasteiger partial charge in [0.15, 0.2) is 0 Å². The highest BCUT2D eigenvalue weighted by Crippen LogP contribution is 2.44. The summed E-state index contributed by atoms with van der Waals surface area (Å²) in [5.41, 5.74) is 5.45. The van der Waals surface area contributed by atoms with Crippen molar-refractivity contribution in [2.45, 2.75) is 70.4 Å². The maximum Gasteiger partial charge on any atom is 0.145 e. The van der Waals surface area contributed by atoms with Gasteiger partial charge in [0, 0.05) is 12.1 Å². The van der Waals surface area contributed by atoms with Gasteiger partial charge in [0.2, 0.25) is 0 Å². The van der Waals surface area contributed by atoms with Crippen molar-refractivity contribution in [1.82, 2.24) is 9.80 Å². The van der Waals surface area contributed by atoms with Crippen molar-refractivity contribution < 1.29 is 4.74 Å². The first-order valence-electron chi connectivity index (χ1n) is 9.79. The van der Waals surface area contributed by atoms with E-state index in [1.807, 2.05) is 12.2 Å². The Labute approximate surface area is 154 Å². The molecule has 0 aliphatic carbocycles. The molecule has 0 bridgehead atoms. The fourth-order valence-electron chi connectivity index (χ4n) is 4.21. The van der Waals surface area contributed by atoms with Crippen molar-refractivity contribution in [2.24, 2.45) is 11.7 Å². The average molecular weight is 348 g/mol. The van der Waals surface area contributed by atoms with E-state index in [0.717, 1.165) is 25.9 Å². The monoisotopic (exact) mass is 347 g/mol. The van der Waals surface area contributed by atoms with Crippen molar-refractivity contribution in [3.8, 4) is 0 Å².